The molecule has 1 atom stereocenters. The van der Waals surface area contributed by atoms with Crippen LogP contribution in [-0.2, 0) is 4.57 Å². The standard InChI is InChI=1S/C13H13ClNO2P/c1-18(16,17-13-8-3-2-4-9-13)15-12-7-5-6-11(14)10-12/h2-10H,1H3,(H,15,16). The molecule has 0 bridgehead atoms. The van der Waals surface area contributed by atoms with Crippen LogP contribution in [0.2, 0.25) is 5.02 Å². The fourth-order valence-electron chi connectivity index (χ4n) is 1.50. The fraction of sp³-hybridized carbons (Fsp3) is 0.0769. The van der Waals surface area contributed by atoms with Crippen LogP contribution in [0.5, 0.6) is 5.75 Å². The zero-order chi connectivity index (χ0) is 13.0. The first-order chi connectivity index (χ1) is 8.55. The predicted molar refractivity (Wildman–Crippen MR) is 75.7 cm³/mol. The molecule has 0 fully saturated rings. The second kappa shape index (κ2) is 5.47. The minimum absolute atomic E-state index is 0.567. The van der Waals surface area contributed by atoms with Gasteiger partial charge in [0, 0.05) is 17.4 Å². The molecule has 2 aromatic carbocycles. The van der Waals surface area contributed by atoms with Gasteiger partial charge in [0.15, 0.2) is 0 Å². The van der Waals surface area contributed by atoms with Crippen molar-refractivity contribution in [1.82, 2.24) is 0 Å². The smallest absolute Gasteiger partial charge is 0.338 e. The van der Waals surface area contributed by atoms with E-state index >= 15 is 0 Å². The Morgan fingerprint density at radius 2 is 1.83 bits per heavy atom. The first kappa shape index (κ1) is 13.0. The summed E-state index contributed by atoms with van der Waals surface area (Å²) in [5.74, 6) is 0.567. The molecule has 3 nitrogen and oxygen atoms in total. The second-order valence-electron chi connectivity index (χ2n) is 3.87. The molecule has 1 unspecified atom stereocenters. The Morgan fingerprint density at radius 3 is 2.50 bits per heavy atom. The third-order valence-electron chi connectivity index (χ3n) is 2.18. The Labute approximate surface area is 111 Å². The molecular weight excluding hydrogens is 269 g/mol. The van der Waals surface area contributed by atoms with Crippen LogP contribution in [-0.4, -0.2) is 6.66 Å². The second-order valence-corrected chi connectivity index (χ2v) is 6.41. The molecule has 2 aromatic rings. The molecule has 0 spiro atoms. The number of hydrogen-bond acceptors (Lipinski definition) is 2. The number of benzene rings is 2. The summed E-state index contributed by atoms with van der Waals surface area (Å²) in [4.78, 5) is 0. The van der Waals surface area contributed by atoms with E-state index in [1.165, 1.54) is 6.66 Å². The van der Waals surface area contributed by atoms with Gasteiger partial charge in [-0.05, 0) is 30.3 Å². The molecule has 0 radical (unpaired) electrons. The van der Waals surface area contributed by atoms with E-state index in [4.69, 9.17) is 16.1 Å². The van der Waals surface area contributed by atoms with Gasteiger partial charge in [0.2, 0.25) is 0 Å². The summed E-state index contributed by atoms with van der Waals surface area (Å²) in [6.07, 6.45) is 0. The van der Waals surface area contributed by atoms with E-state index in [1.807, 2.05) is 18.2 Å². The summed E-state index contributed by atoms with van der Waals surface area (Å²) in [5.41, 5.74) is 0.671. The van der Waals surface area contributed by atoms with E-state index < -0.39 is 7.52 Å². The highest BCUT2D eigenvalue weighted by Gasteiger charge is 2.17. The largest absolute Gasteiger partial charge is 0.429 e. The lowest BCUT2D eigenvalue weighted by Gasteiger charge is -2.17. The van der Waals surface area contributed by atoms with Gasteiger partial charge in [-0.15, -0.1) is 0 Å². The summed E-state index contributed by atoms with van der Waals surface area (Å²) in [6.45, 7) is 1.53. The van der Waals surface area contributed by atoms with Crippen molar-refractivity contribution in [1.29, 1.82) is 0 Å². The quantitative estimate of drug-likeness (QED) is 0.829. The van der Waals surface area contributed by atoms with E-state index in [0.717, 1.165) is 0 Å². The lowest BCUT2D eigenvalue weighted by Crippen LogP contribution is -2.01. The molecule has 0 heterocycles. The van der Waals surface area contributed by atoms with Crippen LogP contribution in [0.3, 0.4) is 0 Å². The van der Waals surface area contributed by atoms with E-state index in [-0.39, 0.29) is 0 Å². The number of anilines is 1. The normalized spacial score (nSPS) is 13.7. The zero-order valence-electron chi connectivity index (χ0n) is 9.84. The topological polar surface area (TPSA) is 38.3 Å². The SMILES string of the molecule is CP(=O)(Nc1cccc(Cl)c1)Oc1ccccc1. The minimum Gasteiger partial charge on any atom is -0.429 e. The van der Waals surface area contributed by atoms with Gasteiger partial charge < -0.3 is 9.61 Å². The maximum Gasteiger partial charge on any atom is 0.338 e. The molecule has 0 saturated carbocycles. The zero-order valence-corrected chi connectivity index (χ0v) is 11.5. The highest BCUT2D eigenvalue weighted by molar-refractivity contribution is 7.60. The van der Waals surface area contributed by atoms with Crippen LogP contribution in [0.25, 0.3) is 0 Å². The maximum atomic E-state index is 12.3. The Balaban J connectivity index is 2.10. The van der Waals surface area contributed by atoms with Crippen LogP contribution in [0.4, 0.5) is 5.69 Å². The molecule has 18 heavy (non-hydrogen) atoms. The molecule has 5 heteroatoms. The number of nitrogens with one attached hydrogen (secondary N) is 1. The molecular formula is C13H13ClNO2P. The van der Waals surface area contributed by atoms with Gasteiger partial charge in [-0.1, -0.05) is 35.9 Å². The van der Waals surface area contributed by atoms with Crippen LogP contribution in [0.1, 0.15) is 0 Å². The number of rotatable bonds is 4. The first-order valence-corrected chi connectivity index (χ1v) is 7.86. The average Bonchev–Trinajstić information content (AvgIpc) is 2.28. The van der Waals surface area contributed by atoms with Crippen molar-refractivity contribution < 1.29 is 9.09 Å². The minimum atomic E-state index is -2.96. The van der Waals surface area contributed by atoms with E-state index in [9.17, 15) is 4.57 Å². The Kier molecular flexibility index (Phi) is 3.95. The van der Waals surface area contributed by atoms with E-state index in [0.29, 0.717) is 16.5 Å². The third kappa shape index (κ3) is 3.80. The van der Waals surface area contributed by atoms with Crippen molar-refractivity contribution in [3.8, 4) is 5.75 Å². The van der Waals surface area contributed by atoms with Crippen LogP contribution < -0.4 is 9.61 Å². The summed E-state index contributed by atoms with van der Waals surface area (Å²) in [7, 11) is -2.96. The fourth-order valence-corrected chi connectivity index (χ4v) is 2.87. The maximum absolute atomic E-state index is 12.3. The van der Waals surface area contributed by atoms with Gasteiger partial charge >= 0.3 is 7.52 Å². The average molecular weight is 282 g/mol. The van der Waals surface area contributed by atoms with Crippen molar-refractivity contribution in [2.45, 2.75) is 0 Å². The number of halogens is 1. The van der Waals surface area contributed by atoms with Crippen LogP contribution in [0.15, 0.2) is 54.6 Å². The van der Waals surface area contributed by atoms with E-state index in [2.05, 4.69) is 5.09 Å². The predicted octanol–water partition coefficient (Wildman–Crippen LogP) is 4.65. The highest BCUT2D eigenvalue weighted by atomic mass is 35.5. The summed E-state index contributed by atoms with van der Waals surface area (Å²) >= 11 is 5.86. The third-order valence-corrected chi connectivity index (χ3v) is 3.64. The first-order valence-electron chi connectivity index (χ1n) is 5.41. The van der Waals surface area contributed by atoms with Gasteiger partial charge in [-0.25, -0.2) is 0 Å². The van der Waals surface area contributed by atoms with Crippen LogP contribution in [0, 0.1) is 0 Å². The molecule has 0 amide bonds. The van der Waals surface area contributed by atoms with E-state index in [1.54, 1.807) is 36.4 Å². The molecule has 0 aromatic heterocycles. The van der Waals surface area contributed by atoms with Gasteiger partial charge in [-0.2, -0.15) is 0 Å². The van der Waals surface area contributed by atoms with Gasteiger partial charge in [-0.3, -0.25) is 4.57 Å². The molecule has 0 aliphatic rings. The molecule has 2 rings (SSSR count). The number of hydrogen-bond donors (Lipinski definition) is 1. The Morgan fingerprint density at radius 1 is 1.11 bits per heavy atom. The van der Waals surface area contributed by atoms with Crippen molar-refractivity contribution in [2.75, 3.05) is 11.8 Å². The molecule has 94 valence electrons. The number of para-hydroxylation sites is 1. The highest BCUT2D eigenvalue weighted by Crippen LogP contribution is 2.43. The van der Waals surface area contributed by atoms with Crippen molar-refractivity contribution in [2.24, 2.45) is 0 Å². The summed E-state index contributed by atoms with van der Waals surface area (Å²) in [6, 6.07) is 16.1. The van der Waals surface area contributed by atoms with Gasteiger partial charge in [0.25, 0.3) is 0 Å². The molecule has 0 aliphatic carbocycles. The molecule has 1 N–H and O–H groups in total. The molecule has 0 saturated heterocycles. The lowest BCUT2D eigenvalue weighted by molar-refractivity contribution is 0.493. The van der Waals surface area contributed by atoms with Crippen LogP contribution >= 0.6 is 19.1 Å². The lowest BCUT2D eigenvalue weighted by atomic mass is 10.3. The Hall–Kier alpha value is -1.44. The van der Waals surface area contributed by atoms with Crippen molar-refractivity contribution in [3.63, 3.8) is 0 Å². The van der Waals surface area contributed by atoms with Gasteiger partial charge in [0.1, 0.15) is 5.75 Å². The van der Waals surface area contributed by atoms with Crippen molar-refractivity contribution >= 4 is 24.8 Å². The van der Waals surface area contributed by atoms with Gasteiger partial charge in [0.05, 0.1) is 0 Å². The monoisotopic (exact) mass is 281 g/mol. The Bertz CT molecular complexity index is 574. The summed E-state index contributed by atoms with van der Waals surface area (Å²) in [5, 5.41) is 3.44. The molecule has 0 aliphatic heterocycles. The summed E-state index contributed by atoms with van der Waals surface area (Å²) < 4.78 is 17.7. The van der Waals surface area contributed by atoms with Crippen molar-refractivity contribution in [3.05, 3.63) is 59.6 Å².